The minimum absolute atomic E-state index is 0.254. The van der Waals surface area contributed by atoms with Gasteiger partial charge in [-0.15, -0.1) is 11.3 Å². The molecule has 0 atom stereocenters. The number of benzene rings is 2. The van der Waals surface area contributed by atoms with Gasteiger partial charge >= 0.3 is 17.8 Å². The molecule has 0 saturated carbocycles. The van der Waals surface area contributed by atoms with Gasteiger partial charge in [-0.2, -0.15) is 5.10 Å². The summed E-state index contributed by atoms with van der Waals surface area (Å²) in [5.41, 5.74) is 5.65. The van der Waals surface area contributed by atoms with E-state index in [1.54, 1.807) is 48.7 Å². The maximum atomic E-state index is 12.2. The lowest BCUT2D eigenvalue weighted by Crippen LogP contribution is -2.33. The van der Waals surface area contributed by atoms with Crippen LogP contribution in [-0.2, 0) is 9.59 Å². The Bertz CT molecular complexity index is 1220. The van der Waals surface area contributed by atoms with Crippen molar-refractivity contribution in [2.24, 2.45) is 5.10 Å². The van der Waals surface area contributed by atoms with Crippen LogP contribution in [0, 0.1) is 13.8 Å². The summed E-state index contributed by atoms with van der Waals surface area (Å²) in [4.78, 5) is 37.1. The van der Waals surface area contributed by atoms with Crippen LogP contribution >= 0.6 is 11.3 Å². The van der Waals surface area contributed by atoms with Crippen LogP contribution in [0.4, 0.5) is 5.69 Å². The summed E-state index contributed by atoms with van der Waals surface area (Å²) in [6, 6.07) is 13.9. The van der Waals surface area contributed by atoms with Crippen molar-refractivity contribution in [1.82, 2.24) is 5.43 Å². The van der Waals surface area contributed by atoms with Crippen LogP contribution in [0.2, 0.25) is 0 Å². The highest BCUT2D eigenvalue weighted by atomic mass is 32.1. The molecule has 33 heavy (non-hydrogen) atoms. The molecule has 8 nitrogen and oxygen atoms in total. The molecule has 0 aliphatic rings. The number of ether oxygens (including phenoxy) is 2. The van der Waals surface area contributed by atoms with E-state index in [0.717, 1.165) is 11.1 Å². The van der Waals surface area contributed by atoms with Crippen molar-refractivity contribution < 1.29 is 23.9 Å². The van der Waals surface area contributed by atoms with Gasteiger partial charge in [-0.1, -0.05) is 18.2 Å². The molecule has 0 unspecified atom stereocenters. The SMILES string of the molecule is COc1cc(/C(C)=N/NC(=O)C(=O)Nc2cc(C)ccc2C)ccc1OC(=O)c1cccs1. The topological polar surface area (TPSA) is 106 Å². The number of nitrogens with zero attached hydrogens (tertiary/aromatic N) is 1. The highest BCUT2D eigenvalue weighted by Crippen LogP contribution is 2.29. The van der Waals surface area contributed by atoms with Crippen LogP contribution in [-0.4, -0.2) is 30.6 Å². The summed E-state index contributed by atoms with van der Waals surface area (Å²) in [5.74, 6) is -1.63. The van der Waals surface area contributed by atoms with Gasteiger partial charge in [0, 0.05) is 11.3 Å². The van der Waals surface area contributed by atoms with Crippen LogP contribution in [0.5, 0.6) is 11.5 Å². The number of amides is 2. The summed E-state index contributed by atoms with van der Waals surface area (Å²) in [6.45, 7) is 5.39. The van der Waals surface area contributed by atoms with E-state index >= 15 is 0 Å². The van der Waals surface area contributed by atoms with E-state index in [0.29, 0.717) is 27.6 Å². The van der Waals surface area contributed by atoms with Crippen molar-refractivity contribution in [3.63, 3.8) is 0 Å². The normalized spacial score (nSPS) is 11.0. The zero-order valence-electron chi connectivity index (χ0n) is 18.6. The summed E-state index contributed by atoms with van der Waals surface area (Å²) < 4.78 is 10.7. The molecule has 3 rings (SSSR count). The fourth-order valence-corrected chi connectivity index (χ4v) is 3.42. The fourth-order valence-electron chi connectivity index (χ4n) is 2.82. The maximum Gasteiger partial charge on any atom is 0.353 e. The second-order valence-corrected chi connectivity index (χ2v) is 8.09. The zero-order chi connectivity index (χ0) is 24.0. The average Bonchev–Trinajstić information content (AvgIpc) is 3.35. The Balaban J connectivity index is 1.66. The van der Waals surface area contributed by atoms with E-state index in [-0.39, 0.29) is 5.75 Å². The first-order valence-corrected chi connectivity index (χ1v) is 10.8. The Morgan fingerprint density at radius 1 is 0.970 bits per heavy atom. The molecule has 0 aliphatic heterocycles. The molecule has 170 valence electrons. The molecule has 3 aromatic rings. The van der Waals surface area contributed by atoms with Gasteiger partial charge in [-0.05, 0) is 67.6 Å². The number of hydrogen-bond donors (Lipinski definition) is 2. The number of methoxy groups -OCH3 is 1. The van der Waals surface area contributed by atoms with E-state index in [1.807, 2.05) is 26.0 Å². The van der Waals surface area contributed by atoms with Crippen LogP contribution in [0.15, 0.2) is 59.0 Å². The molecule has 0 bridgehead atoms. The lowest BCUT2D eigenvalue weighted by Gasteiger charge is -2.11. The summed E-state index contributed by atoms with van der Waals surface area (Å²) in [5, 5.41) is 8.37. The molecular weight excluding hydrogens is 442 g/mol. The Kier molecular flexibility index (Phi) is 7.57. The number of rotatable bonds is 6. The van der Waals surface area contributed by atoms with Crippen molar-refractivity contribution in [2.75, 3.05) is 12.4 Å². The predicted octanol–water partition coefficient (Wildman–Crippen LogP) is 4.07. The van der Waals surface area contributed by atoms with E-state index < -0.39 is 17.8 Å². The highest BCUT2D eigenvalue weighted by Gasteiger charge is 2.16. The van der Waals surface area contributed by atoms with Crippen molar-refractivity contribution in [1.29, 1.82) is 0 Å². The first-order chi connectivity index (χ1) is 15.8. The molecule has 0 saturated heterocycles. The third-order valence-electron chi connectivity index (χ3n) is 4.68. The third-order valence-corrected chi connectivity index (χ3v) is 5.53. The number of carbonyl (C=O) groups is 3. The molecule has 0 aliphatic carbocycles. The van der Waals surface area contributed by atoms with Gasteiger partial charge in [0.05, 0.1) is 12.8 Å². The molecule has 2 aromatic carbocycles. The molecule has 0 fully saturated rings. The zero-order valence-corrected chi connectivity index (χ0v) is 19.4. The number of nitrogens with one attached hydrogen (secondary N) is 2. The molecule has 2 amide bonds. The van der Waals surface area contributed by atoms with Gasteiger partial charge in [0.25, 0.3) is 0 Å². The number of anilines is 1. The summed E-state index contributed by atoms with van der Waals surface area (Å²) >= 11 is 1.28. The number of hydrazone groups is 1. The minimum atomic E-state index is -0.899. The second-order valence-electron chi connectivity index (χ2n) is 7.14. The first kappa shape index (κ1) is 23.7. The monoisotopic (exact) mass is 465 g/mol. The van der Waals surface area contributed by atoms with Gasteiger partial charge in [-0.3, -0.25) is 9.59 Å². The maximum absolute atomic E-state index is 12.2. The first-order valence-electron chi connectivity index (χ1n) is 9.95. The number of hydrogen-bond acceptors (Lipinski definition) is 7. The number of esters is 1. The molecule has 0 radical (unpaired) electrons. The lowest BCUT2D eigenvalue weighted by atomic mass is 10.1. The molecule has 1 aromatic heterocycles. The molecule has 1 heterocycles. The average molecular weight is 466 g/mol. The lowest BCUT2D eigenvalue weighted by molar-refractivity contribution is -0.136. The van der Waals surface area contributed by atoms with E-state index in [4.69, 9.17) is 9.47 Å². The predicted molar refractivity (Wildman–Crippen MR) is 127 cm³/mol. The van der Waals surface area contributed by atoms with Gasteiger partial charge < -0.3 is 14.8 Å². The summed E-state index contributed by atoms with van der Waals surface area (Å²) in [7, 11) is 1.45. The number of carbonyl (C=O) groups excluding carboxylic acids is 3. The van der Waals surface area contributed by atoms with E-state index in [9.17, 15) is 14.4 Å². The summed E-state index contributed by atoms with van der Waals surface area (Å²) in [6.07, 6.45) is 0. The van der Waals surface area contributed by atoms with Gasteiger partial charge in [0.15, 0.2) is 11.5 Å². The smallest absolute Gasteiger partial charge is 0.353 e. The standard InChI is InChI=1S/C24H23N3O5S/c1-14-7-8-15(2)18(12-14)25-22(28)23(29)27-26-16(3)17-9-10-19(20(13-17)31-4)32-24(30)21-6-5-11-33-21/h5-13H,1-4H3,(H,25,28)(H,27,29)/b26-16+. The van der Waals surface area contributed by atoms with Crippen molar-refractivity contribution in [2.45, 2.75) is 20.8 Å². The largest absolute Gasteiger partial charge is 0.493 e. The number of thiophene rings is 1. The van der Waals surface area contributed by atoms with Crippen LogP contribution in [0.1, 0.15) is 33.3 Å². The Labute approximate surface area is 195 Å². The minimum Gasteiger partial charge on any atom is -0.493 e. The van der Waals surface area contributed by atoms with Crippen molar-refractivity contribution in [3.05, 3.63) is 75.5 Å². The second kappa shape index (κ2) is 10.6. The Morgan fingerprint density at radius 3 is 2.45 bits per heavy atom. The highest BCUT2D eigenvalue weighted by molar-refractivity contribution is 7.12. The van der Waals surface area contributed by atoms with Crippen LogP contribution in [0.25, 0.3) is 0 Å². The van der Waals surface area contributed by atoms with Gasteiger partial charge in [0.1, 0.15) is 4.88 Å². The van der Waals surface area contributed by atoms with Gasteiger partial charge in [-0.25, -0.2) is 10.2 Å². The molecule has 9 heteroatoms. The Morgan fingerprint density at radius 2 is 1.76 bits per heavy atom. The molecule has 0 spiro atoms. The van der Waals surface area contributed by atoms with Crippen molar-refractivity contribution in [3.8, 4) is 11.5 Å². The van der Waals surface area contributed by atoms with E-state index in [1.165, 1.54) is 18.4 Å². The van der Waals surface area contributed by atoms with Gasteiger partial charge in [0.2, 0.25) is 0 Å². The fraction of sp³-hybridized carbons (Fsp3) is 0.167. The van der Waals surface area contributed by atoms with Crippen LogP contribution < -0.4 is 20.2 Å². The Hall–Kier alpha value is -3.98. The quantitative estimate of drug-likeness (QED) is 0.188. The molecular formula is C24H23N3O5S. The van der Waals surface area contributed by atoms with Crippen molar-refractivity contribution >= 4 is 40.5 Å². The van der Waals surface area contributed by atoms with Crippen LogP contribution in [0.3, 0.4) is 0 Å². The molecule has 2 N–H and O–H groups in total. The third kappa shape index (κ3) is 6.05. The van der Waals surface area contributed by atoms with E-state index in [2.05, 4.69) is 15.8 Å². The number of aryl methyl sites for hydroxylation is 2.